The maximum Gasteiger partial charge on any atom is 0.205 e. The van der Waals surface area contributed by atoms with Crippen LogP contribution in [0, 0.1) is 37.2 Å². The molecule has 0 unspecified atom stereocenters. The van der Waals surface area contributed by atoms with Gasteiger partial charge < -0.3 is 15.6 Å². The van der Waals surface area contributed by atoms with Crippen molar-refractivity contribution in [2.24, 2.45) is 5.73 Å². The van der Waals surface area contributed by atoms with Crippen LogP contribution in [0.5, 0.6) is 0 Å². The molecule has 0 aliphatic carbocycles. The average molecular weight is 616 g/mol. The van der Waals surface area contributed by atoms with Crippen LogP contribution in [0.4, 0.5) is 0 Å². The smallest absolute Gasteiger partial charge is 0.205 e. The first-order valence-corrected chi connectivity index (χ1v) is 8.41. The Morgan fingerprint density at radius 1 is 1.54 bits per heavy atom. The summed E-state index contributed by atoms with van der Waals surface area (Å²) in [5.74, 6) is -0.0239. The van der Waals surface area contributed by atoms with E-state index in [0.29, 0.717) is 17.3 Å². The van der Waals surface area contributed by atoms with Crippen molar-refractivity contribution in [1.29, 1.82) is 0 Å². The number of aromatic nitrogens is 2. The number of nitrogens with one attached hydrogen (secondary N) is 1. The Balaban J connectivity index is 0.00000208. The van der Waals surface area contributed by atoms with Crippen LogP contribution in [0.25, 0.3) is 10.9 Å². The van der Waals surface area contributed by atoms with Gasteiger partial charge in [-0.3, -0.25) is 14.6 Å². The molecule has 0 saturated carbocycles. The fourth-order valence-corrected chi connectivity index (χ4v) is 3.22. The summed E-state index contributed by atoms with van der Waals surface area (Å²) in [5, 5.41) is 3.73. The van der Waals surface area contributed by atoms with E-state index in [0.717, 1.165) is 23.9 Å². The molecular weight excluding hydrogens is 598 g/mol. The van der Waals surface area contributed by atoms with Crippen molar-refractivity contribution in [1.82, 2.24) is 14.9 Å². The monoisotopic (exact) mass is 615 g/mol. The Hall–Kier alpha value is -0.518. The number of carbonyl (C=O) groups excluding carboxylic acids is 1. The van der Waals surface area contributed by atoms with Crippen molar-refractivity contribution in [2.45, 2.75) is 37.9 Å². The Bertz CT molecular complexity index is 795. The number of hydrogen-bond acceptors (Lipinski definition) is 5. The molecular formula is C16H18BrN4O2U-. The number of benzene rings is 1. The van der Waals surface area contributed by atoms with Crippen molar-refractivity contribution < 1.29 is 35.9 Å². The van der Waals surface area contributed by atoms with Crippen molar-refractivity contribution >= 4 is 32.6 Å². The van der Waals surface area contributed by atoms with Gasteiger partial charge in [-0.15, -0.1) is 6.07 Å². The van der Waals surface area contributed by atoms with Crippen LogP contribution in [-0.4, -0.2) is 34.0 Å². The third-order valence-corrected chi connectivity index (χ3v) is 4.61. The summed E-state index contributed by atoms with van der Waals surface area (Å²) in [5.41, 5.74) is 6.39. The minimum absolute atomic E-state index is 0. The standard InChI is InChI=1S/C16H18BrN4O2.U/c17-10-3-4-12-14(6-10)20-9-21(16(12)23)8-11(22)7-15-13(18)2-1-5-19-15;/h4,6,9,13,15,19H,1-2,5,7-8,18H2;/q-1;/t13-,15+;/m0./s1. The van der Waals surface area contributed by atoms with Crippen LogP contribution in [-0.2, 0) is 11.3 Å². The second kappa shape index (κ2) is 8.73. The summed E-state index contributed by atoms with van der Waals surface area (Å²) >= 11 is 3.30. The van der Waals surface area contributed by atoms with Gasteiger partial charge in [0.25, 0.3) is 0 Å². The van der Waals surface area contributed by atoms with E-state index in [2.05, 4.69) is 32.3 Å². The predicted molar refractivity (Wildman–Crippen MR) is 91.2 cm³/mol. The van der Waals surface area contributed by atoms with E-state index in [4.69, 9.17) is 5.73 Å². The molecule has 2 atom stereocenters. The van der Waals surface area contributed by atoms with E-state index < -0.39 is 0 Å². The molecule has 126 valence electrons. The van der Waals surface area contributed by atoms with Crippen molar-refractivity contribution in [3.63, 3.8) is 0 Å². The summed E-state index contributed by atoms with van der Waals surface area (Å²) in [6, 6.07) is 6.22. The Labute approximate surface area is 172 Å². The third-order valence-electron chi connectivity index (χ3n) is 4.15. The number of carbonyl (C=O) groups is 1. The van der Waals surface area contributed by atoms with Gasteiger partial charge in [0, 0.05) is 49.6 Å². The second-order valence-electron chi connectivity index (χ2n) is 5.87. The molecule has 1 fully saturated rings. The molecule has 0 spiro atoms. The summed E-state index contributed by atoms with van der Waals surface area (Å²) in [4.78, 5) is 28.9. The van der Waals surface area contributed by atoms with Crippen LogP contribution >= 0.6 is 15.9 Å². The van der Waals surface area contributed by atoms with Gasteiger partial charge in [0.2, 0.25) is 5.56 Å². The molecule has 2 aromatic rings. The molecule has 2 heterocycles. The SMILES string of the molecule is N[C@H]1CCCN[C@@H]1CC(=O)Cn1cnc2cc(Br)[c-]cc2c1=O.[U]. The maximum absolute atomic E-state index is 12.4. The average Bonchev–Trinajstić information content (AvgIpc) is 2.52. The number of halogens is 1. The molecule has 1 aromatic carbocycles. The largest absolute Gasteiger partial charge is 0.326 e. The third kappa shape index (κ3) is 4.55. The minimum Gasteiger partial charge on any atom is -0.326 e. The molecule has 0 amide bonds. The van der Waals surface area contributed by atoms with Gasteiger partial charge in [-0.1, -0.05) is 20.4 Å². The number of nitrogens with zero attached hydrogens (tertiary/aromatic N) is 2. The van der Waals surface area contributed by atoms with E-state index in [1.165, 1.54) is 10.9 Å². The number of rotatable bonds is 4. The zero-order valence-corrected chi connectivity index (χ0v) is 18.8. The molecule has 1 aliphatic heterocycles. The number of ketones is 1. The van der Waals surface area contributed by atoms with Gasteiger partial charge in [0.05, 0.1) is 12.9 Å². The van der Waals surface area contributed by atoms with Crippen LogP contribution in [0.15, 0.2) is 27.7 Å². The van der Waals surface area contributed by atoms with Gasteiger partial charge in [-0.2, -0.15) is 12.1 Å². The van der Waals surface area contributed by atoms with Crippen LogP contribution in [0.3, 0.4) is 0 Å². The molecule has 24 heavy (non-hydrogen) atoms. The Morgan fingerprint density at radius 3 is 3.08 bits per heavy atom. The minimum atomic E-state index is -0.229. The topological polar surface area (TPSA) is 90.0 Å². The van der Waals surface area contributed by atoms with E-state index in [9.17, 15) is 9.59 Å². The Morgan fingerprint density at radius 2 is 2.33 bits per heavy atom. The zero-order valence-electron chi connectivity index (χ0n) is 13.1. The number of nitrogens with two attached hydrogens (primary N) is 1. The van der Waals surface area contributed by atoms with Gasteiger partial charge in [-0.25, -0.2) is 0 Å². The van der Waals surface area contributed by atoms with Crippen molar-refractivity contribution in [3.8, 4) is 0 Å². The van der Waals surface area contributed by atoms with Crippen LogP contribution in [0.2, 0.25) is 0 Å². The first-order valence-electron chi connectivity index (χ1n) is 7.61. The molecule has 6 nitrogen and oxygen atoms in total. The van der Waals surface area contributed by atoms with E-state index in [1.54, 1.807) is 12.1 Å². The normalized spacial score (nSPS) is 20.6. The maximum atomic E-state index is 12.4. The van der Waals surface area contributed by atoms with Crippen molar-refractivity contribution in [2.75, 3.05) is 6.54 Å². The van der Waals surface area contributed by atoms with E-state index in [1.807, 2.05) is 0 Å². The van der Waals surface area contributed by atoms with Crippen LogP contribution < -0.4 is 16.6 Å². The molecule has 1 aromatic heterocycles. The number of fused-ring (bicyclic) bond motifs is 1. The molecule has 8 heteroatoms. The second-order valence-corrected chi connectivity index (χ2v) is 6.72. The number of piperidine rings is 1. The Kier molecular flexibility index (Phi) is 7.20. The summed E-state index contributed by atoms with van der Waals surface area (Å²) < 4.78 is 2.09. The van der Waals surface area contributed by atoms with Gasteiger partial charge in [0.1, 0.15) is 0 Å². The van der Waals surface area contributed by atoms with E-state index in [-0.39, 0.29) is 61.1 Å². The molecule has 3 rings (SSSR count). The quantitative estimate of drug-likeness (QED) is 0.501. The molecule has 0 radical (unpaired) electrons. The number of hydrogen-bond donors (Lipinski definition) is 2. The van der Waals surface area contributed by atoms with Gasteiger partial charge >= 0.3 is 0 Å². The fraction of sp³-hybridized carbons (Fsp3) is 0.438. The molecule has 1 saturated heterocycles. The van der Waals surface area contributed by atoms with Gasteiger partial charge in [0.15, 0.2) is 5.78 Å². The predicted octanol–water partition coefficient (Wildman–Crippen LogP) is 0.998. The summed E-state index contributed by atoms with van der Waals surface area (Å²) in [6.07, 6.45) is 3.71. The molecule has 1 aliphatic rings. The summed E-state index contributed by atoms with van der Waals surface area (Å²) in [6.45, 7) is 0.899. The fourth-order valence-electron chi connectivity index (χ4n) is 2.89. The zero-order chi connectivity index (χ0) is 16.4. The van der Waals surface area contributed by atoms with Crippen LogP contribution in [0.1, 0.15) is 19.3 Å². The van der Waals surface area contributed by atoms with Gasteiger partial charge in [-0.05, 0) is 30.3 Å². The van der Waals surface area contributed by atoms with E-state index >= 15 is 0 Å². The summed E-state index contributed by atoms with van der Waals surface area (Å²) in [7, 11) is 0. The first-order chi connectivity index (χ1) is 11.0. The molecule has 0 bridgehead atoms. The molecule has 3 N–H and O–H groups in total. The first kappa shape index (κ1) is 19.8. The number of Topliss-reactive ketones (excluding diaryl/α,β-unsaturated/α-hetero) is 1. The van der Waals surface area contributed by atoms with Crippen molar-refractivity contribution in [3.05, 3.63) is 39.4 Å².